The molecule has 2 rings (SSSR count). The molecule has 1 aromatic heterocycles. The van der Waals surface area contributed by atoms with Crippen molar-refractivity contribution in [2.24, 2.45) is 0 Å². The van der Waals surface area contributed by atoms with E-state index in [-0.39, 0.29) is 0 Å². The topological polar surface area (TPSA) is 26.0 Å². The number of nitrogens with zero attached hydrogens (tertiary/aromatic N) is 1. The molecular weight excluding hydrogens is 254 g/mol. The Morgan fingerprint density at radius 2 is 2.20 bits per heavy atom. The highest BCUT2D eigenvalue weighted by Crippen LogP contribution is 2.13. The summed E-state index contributed by atoms with van der Waals surface area (Å²) in [5, 5.41) is 0. The number of rotatable bonds is 3. The van der Waals surface area contributed by atoms with E-state index in [9.17, 15) is 0 Å². The van der Waals surface area contributed by atoms with Crippen LogP contribution >= 0.6 is 15.9 Å². The number of aryl methyl sites for hydroxylation is 3. The molecule has 15 heavy (non-hydrogen) atoms. The van der Waals surface area contributed by atoms with Crippen molar-refractivity contribution >= 4 is 15.9 Å². The molecule has 0 bridgehead atoms. The van der Waals surface area contributed by atoms with Gasteiger partial charge in [0.15, 0.2) is 5.89 Å². The van der Waals surface area contributed by atoms with Crippen LogP contribution in [0.3, 0.4) is 0 Å². The molecular formula is C12H12BrNO. The summed E-state index contributed by atoms with van der Waals surface area (Å²) in [6.07, 6.45) is 3.50. The predicted octanol–water partition coefficient (Wildman–Crippen LogP) is 3.53. The lowest BCUT2D eigenvalue weighted by molar-refractivity contribution is 0.493. The minimum absolute atomic E-state index is 0.812. The summed E-state index contributed by atoms with van der Waals surface area (Å²) in [4.78, 5) is 4.27. The smallest absolute Gasteiger partial charge is 0.194 e. The number of benzene rings is 1. The molecule has 0 fully saturated rings. The summed E-state index contributed by atoms with van der Waals surface area (Å²) in [6, 6.07) is 8.30. The Hall–Kier alpha value is -1.09. The molecule has 0 saturated carbocycles. The van der Waals surface area contributed by atoms with Gasteiger partial charge in [-0.15, -0.1) is 0 Å². The van der Waals surface area contributed by atoms with Crippen LogP contribution in [0.5, 0.6) is 0 Å². The molecule has 1 heterocycles. The SMILES string of the molecule is Cc1coc(CCc2cccc(Br)c2)n1. The maximum Gasteiger partial charge on any atom is 0.194 e. The molecule has 0 spiro atoms. The molecule has 78 valence electrons. The monoisotopic (exact) mass is 265 g/mol. The molecule has 3 heteroatoms. The number of oxazole rings is 1. The normalized spacial score (nSPS) is 10.5. The first-order valence-corrected chi connectivity index (χ1v) is 5.69. The molecule has 0 amide bonds. The Labute approximate surface area is 97.5 Å². The lowest BCUT2D eigenvalue weighted by Gasteiger charge is -1.99. The van der Waals surface area contributed by atoms with Crippen LogP contribution in [-0.4, -0.2) is 4.98 Å². The summed E-state index contributed by atoms with van der Waals surface area (Å²) in [6.45, 7) is 1.94. The zero-order valence-electron chi connectivity index (χ0n) is 8.53. The van der Waals surface area contributed by atoms with E-state index in [1.807, 2.05) is 19.1 Å². The first-order chi connectivity index (χ1) is 7.24. The van der Waals surface area contributed by atoms with E-state index in [1.165, 1.54) is 5.56 Å². The van der Waals surface area contributed by atoms with E-state index < -0.39 is 0 Å². The van der Waals surface area contributed by atoms with Crippen molar-refractivity contribution in [2.75, 3.05) is 0 Å². The Kier molecular flexibility index (Phi) is 3.21. The highest BCUT2D eigenvalue weighted by atomic mass is 79.9. The van der Waals surface area contributed by atoms with Gasteiger partial charge in [-0.1, -0.05) is 28.1 Å². The Bertz CT molecular complexity index is 450. The minimum atomic E-state index is 0.812. The molecule has 1 aromatic carbocycles. The lowest BCUT2D eigenvalue weighted by Crippen LogP contribution is -1.91. The third-order valence-corrected chi connectivity index (χ3v) is 2.68. The van der Waals surface area contributed by atoms with E-state index >= 15 is 0 Å². The Balaban J connectivity index is 1.99. The van der Waals surface area contributed by atoms with Gasteiger partial charge >= 0.3 is 0 Å². The summed E-state index contributed by atoms with van der Waals surface area (Å²) >= 11 is 3.45. The van der Waals surface area contributed by atoms with Crippen LogP contribution in [0.2, 0.25) is 0 Å². The fourth-order valence-electron chi connectivity index (χ4n) is 1.46. The molecule has 0 aliphatic rings. The van der Waals surface area contributed by atoms with Gasteiger partial charge in [0.2, 0.25) is 0 Å². The summed E-state index contributed by atoms with van der Waals surface area (Å²) in [5.74, 6) is 0.812. The van der Waals surface area contributed by atoms with Crippen molar-refractivity contribution in [1.29, 1.82) is 0 Å². The largest absolute Gasteiger partial charge is 0.449 e. The Morgan fingerprint density at radius 1 is 1.33 bits per heavy atom. The van der Waals surface area contributed by atoms with Gasteiger partial charge in [-0.05, 0) is 31.0 Å². The van der Waals surface area contributed by atoms with Crippen LogP contribution in [0, 0.1) is 6.92 Å². The van der Waals surface area contributed by atoms with Crippen LogP contribution in [0.4, 0.5) is 0 Å². The van der Waals surface area contributed by atoms with Crippen LogP contribution in [0.25, 0.3) is 0 Å². The maximum atomic E-state index is 5.29. The lowest BCUT2D eigenvalue weighted by atomic mass is 10.1. The van der Waals surface area contributed by atoms with Crippen molar-refractivity contribution in [3.63, 3.8) is 0 Å². The number of hydrogen-bond acceptors (Lipinski definition) is 2. The van der Waals surface area contributed by atoms with E-state index in [4.69, 9.17) is 4.42 Å². The average Bonchev–Trinajstić information content (AvgIpc) is 2.62. The third-order valence-electron chi connectivity index (χ3n) is 2.18. The van der Waals surface area contributed by atoms with Gasteiger partial charge in [0.05, 0.1) is 5.69 Å². The highest BCUT2D eigenvalue weighted by Gasteiger charge is 2.01. The van der Waals surface area contributed by atoms with E-state index in [2.05, 4.69) is 33.0 Å². The van der Waals surface area contributed by atoms with Gasteiger partial charge in [0.25, 0.3) is 0 Å². The van der Waals surface area contributed by atoms with Crippen molar-refractivity contribution in [3.8, 4) is 0 Å². The quantitative estimate of drug-likeness (QED) is 0.849. The predicted molar refractivity (Wildman–Crippen MR) is 62.8 cm³/mol. The third kappa shape index (κ3) is 2.93. The van der Waals surface area contributed by atoms with E-state index in [0.717, 1.165) is 28.9 Å². The second-order valence-corrected chi connectivity index (χ2v) is 4.43. The second-order valence-electron chi connectivity index (χ2n) is 3.51. The van der Waals surface area contributed by atoms with Crippen LogP contribution in [0.1, 0.15) is 17.1 Å². The zero-order chi connectivity index (χ0) is 10.7. The molecule has 2 aromatic rings. The molecule has 2 nitrogen and oxygen atoms in total. The Morgan fingerprint density at radius 3 is 2.87 bits per heavy atom. The van der Waals surface area contributed by atoms with Gasteiger partial charge in [0, 0.05) is 10.9 Å². The summed E-state index contributed by atoms with van der Waals surface area (Å²) in [7, 11) is 0. The van der Waals surface area contributed by atoms with Crippen molar-refractivity contribution in [3.05, 3.63) is 52.1 Å². The van der Waals surface area contributed by atoms with Crippen molar-refractivity contribution in [2.45, 2.75) is 19.8 Å². The summed E-state index contributed by atoms with van der Waals surface area (Å²) < 4.78 is 6.41. The molecule has 0 saturated heterocycles. The first kappa shape index (κ1) is 10.4. The first-order valence-electron chi connectivity index (χ1n) is 4.89. The van der Waals surface area contributed by atoms with Gasteiger partial charge in [0.1, 0.15) is 6.26 Å². The highest BCUT2D eigenvalue weighted by molar-refractivity contribution is 9.10. The number of hydrogen-bond donors (Lipinski definition) is 0. The van der Waals surface area contributed by atoms with Gasteiger partial charge in [-0.2, -0.15) is 0 Å². The van der Waals surface area contributed by atoms with Crippen LogP contribution < -0.4 is 0 Å². The van der Waals surface area contributed by atoms with E-state index in [0.29, 0.717) is 0 Å². The van der Waals surface area contributed by atoms with Crippen molar-refractivity contribution in [1.82, 2.24) is 4.98 Å². The molecule has 0 radical (unpaired) electrons. The van der Waals surface area contributed by atoms with Crippen molar-refractivity contribution < 1.29 is 4.42 Å². The van der Waals surface area contributed by atoms with Gasteiger partial charge in [-0.3, -0.25) is 0 Å². The zero-order valence-corrected chi connectivity index (χ0v) is 10.1. The standard InChI is InChI=1S/C12H12BrNO/c1-9-8-15-12(14-9)6-5-10-3-2-4-11(13)7-10/h2-4,7-8H,5-6H2,1H3. The maximum absolute atomic E-state index is 5.29. The molecule has 0 aliphatic heterocycles. The second kappa shape index (κ2) is 4.62. The minimum Gasteiger partial charge on any atom is -0.449 e. The average molecular weight is 266 g/mol. The molecule has 0 unspecified atom stereocenters. The van der Waals surface area contributed by atoms with Crippen LogP contribution in [0.15, 0.2) is 39.4 Å². The van der Waals surface area contributed by atoms with Crippen LogP contribution in [-0.2, 0) is 12.8 Å². The fraction of sp³-hybridized carbons (Fsp3) is 0.250. The molecule has 0 aliphatic carbocycles. The fourth-order valence-corrected chi connectivity index (χ4v) is 1.91. The number of halogens is 1. The van der Waals surface area contributed by atoms with E-state index in [1.54, 1.807) is 6.26 Å². The molecule has 0 atom stereocenters. The molecule has 0 N–H and O–H groups in total. The number of aromatic nitrogens is 1. The van der Waals surface area contributed by atoms with Gasteiger partial charge < -0.3 is 4.42 Å². The van der Waals surface area contributed by atoms with Gasteiger partial charge in [-0.25, -0.2) is 4.98 Å². The summed E-state index contributed by atoms with van der Waals surface area (Å²) in [5.41, 5.74) is 2.24.